The van der Waals surface area contributed by atoms with Crippen LogP contribution in [-0.4, -0.2) is 25.1 Å². The summed E-state index contributed by atoms with van der Waals surface area (Å²) in [6, 6.07) is 16.8. The van der Waals surface area contributed by atoms with Crippen molar-refractivity contribution >= 4 is 5.91 Å². The third-order valence-corrected chi connectivity index (χ3v) is 4.12. The van der Waals surface area contributed by atoms with E-state index in [1.165, 1.54) is 14.2 Å². The highest BCUT2D eigenvalue weighted by molar-refractivity contribution is 5.95. The van der Waals surface area contributed by atoms with E-state index in [4.69, 9.17) is 14.2 Å². The molecule has 6 heteroatoms. The largest absolute Gasteiger partial charge is 0.493 e. The van der Waals surface area contributed by atoms with E-state index >= 15 is 0 Å². The van der Waals surface area contributed by atoms with E-state index in [9.17, 15) is 4.79 Å². The van der Waals surface area contributed by atoms with E-state index < -0.39 is 0 Å². The molecule has 1 N–H and O–H groups in total. The number of amides is 1. The van der Waals surface area contributed by atoms with Gasteiger partial charge in [-0.05, 0) is 29.3 Å². The van der Waals surface area contributed by atoms with Gasteiger partial charge in [-0.25, -0.2) is 0 Å². The van der Waals surface area contributed by atoms with Gasteiger partial charge in [-0.15, -0.1) is 0 Å². The van der Waals surface area contributed by atoms with Crippen LogP contribution < -0.4 is 19.5 Å². The summed E-state index contributed by atoms with van der Waals surface area (Å²) in [6.45, 7) is 0.740. The lowest BCUT2D eigenvalue weighted by Crippen LogP contribution is -2.23. The molecule has 28 heavy (non-hydrogen) atoms. The fraction of sp³-hybridized carbons (Fsp3) is 0.182. The summed E-state index contributed by atoms with van der Waals surface area (Å²) in [6.07, 6.45) is 3.40. The Hall–Kier alpha value is -3.54. The molecule has 0 aliphatic rings. The molecule has 1 amide bonds. The van der Waals surface area contributed by atoms with Crippen molar-refractivity contribution in [1.29, 1.82) is 0 Å². The first-order chi connectivity index (χ1) is 13.7. The second-order valence-corrected chi connectivity index (χ2v) is 6.03. The number of pyridine rings is 1. The van der Waals surface area contributed by atoms with Crippen molar-refractivity contribution in [3.05, 3.63) is 83.7 Å². The fourth-order valence-corrected chi connectivity index (χ4v) is 2.67. The first-order valence-corrected chi connectivity index (χ1v) is 8.81. The van der Waals surface area contributed by atoms with Gasteiger partial charge in [0.2, 0.25) is 5.75 Å². The van der Waals surface area contributed by atoms with Crippen LogP contribution >= 0.6 is 0 Å². The molecule has 0 saturated carbocycles. The second-order valence-electron chi connectivity index (χ2n) is 6.03. The second kappa shape index (κ2) is 9.41. The average molecular weight is 378 g/mol. The van der Waals surface area contributed by atoms with E-state index in [-0.39, 0.29) is 5.91 Å². The number of carbonyl (C=O) groups is 1. The van der Waals surface area contributed by atoms with Gasteiger partial charge in [0.05, 0.1) is 14.2 Å². The molecule has 2 aromatic carbocycles. The van der Waals surface area contributed by atoms with Crippen molar-refractivity contribution in [2.24, 2.45) is 0 Å². The van der Waals surface area contributed by atoms with Crippen molar-refractivity contribution in [2.75, 3.05) is 14.2 Å². The Morgan fingerprint density at radius 3 is 2.25 bits per heavy atom. The van der Waals surface area contributed by atoms with E-state index in [2.05, 4.69) is 10.3 Å². The highest BCUT2D eigenvalue weighted by Crippen LogP contribution is 2.39. The molecule has 1 heterocycles. The number of hydrogen-bond acceptors (Lipinski definition) is 5. The van der Waals surface area contributed by atoms with E-state index in [1.54, 1.807) is 24.5 Å². The van der Waals surface area contributed by atoms with Crippen molar-refractivity contribution in [2.45, 2.75) is 13.2 Å². The smallest absolute Gasteiger partial charge is 0.251 e. The van der Waals surface area contributed by atoms with Crippen LogP contribution in [0.1, 0.15) is 21.5 Å². The van der Waals surface area contributed by atoms with Gasteiger partial charge in [-0.2, -0.15) is 0 Å². The zero-order valence-electron chi connectivity index (χ0n) is 15.8. The number of ether oxygens (including phenoxy) is 3. The molecular formula is C22H22N2O4. The molecule has 144 valence electrons. The van der Waals surface area contributed by atoms with Gasteiger partial charge in [0, 0.05) is 24.5 Å². The Kier molecular flexibility index (Phi) is 6.46. The standard InChI is InChI=1S/C22H22N2O4/c1-26-19-11-18(22(25)24-14-17-9-6-10-23-13-17)12-20(27-2)21(19)28-15-16-7-4-3-5-8-16/h3-13H,14-15H2,1-2H3,(H,24,25). The molecule has 3 aromatic rings. The normalized spacial score (nSPS) is 10.2. The van der Waals surface area contributed by atoms with Crippen molar-refractivity contribution < 1.29 is 19.0 Å². The van der Waals surface area contributed by atoms with Crippen LogP contribution in [-0.2, 0) is 13.2 Å². The predicted molar refractivity (Wildman–Crippen MR) is 106 cm³/mol. The summed E-state index contributed by atoms with van der Waals surface area (Å²) in [7, 11) is 3.06. The Bertz CT molecular complexity index is 889. The molecule has 0 radical (unpaired) electrons. The average Bonchev–Trinajstić information content (AvgIpc) is 2.76. The van der Waals surface area contributed by atoms with Crippen LogP contribution in [0.4, 0.5) is 0 Å². The number of aromatic nitrogens is 1. The maximum atomic E-state index is 12.6. The molecule has 0 atom stereocenters. The number of benzene rings is 2. The quantitative estimate of drug-likeness (QED) is 0.648. The molecule has 3 rings (SSSR count). The predicted octanol–water partition coefficient (Wildman–Crippen LogP) is 3.61. The van der Waals surface area contributed by atoms with Crippen LogP contribution in [0.2, 0.25) is 0 Å². The first kappa shape index (κ1) is 19.2. The van der Waals surface area contributed by atoms with Crippen molar-refractivity contribution in [1.82, 2.24) is 10.3 Å². The lowest BCUT2D eigenvalue weighted by Gasteiger charge is -2.16. The summed E-state index contributed by atoms with van der Waals surface area (Å²) in [5.41, 5.74) is 2.35. The Balaban J connectivity index is 1.76. The summed E-state index contributed by atoms with van der Waals surface area (Å²) in [5, 5.41) is 2.86. The topological polar surface area (TPSA) is 69.7 Å². The van der Waals surface area contributed by atoms with Gasteiger partial charge in [-0.3, -0.25) is 9.78 Å². The lowest BCUT2D eigenvalue weighted by molar-refractivity contribution is 0.0950. The third kappa shape index (κ3) is 4.79. The molecule has 0 bridgehead atoms. The van der Waals surface area contributed by atoms with Crippen LogP contribution in [0.25, 0.3) is 0 Å². The Morgan fingerprint density at radius 1 is 0.964 bits per heavy atom. The van der Waals surface area contributed by atoms with Gasteiger partial charge in [0.15, 0.2) is 11.5 Å². The SMILES string of the molecule is COc1cc(C(=O)NCc2cccnc2)cc(OC)c1OCc1ccccc1. The van der Waals surface area contributed by atoms with Crippen molar-refractivity contribution in [3.8, 4) is 17.2 Å². The summed E-state index contributed by atoms with van der Waals surface area (Å²) >= 11 is 0. The molecule has 0 spiro atoms. The highest BCUT2D eigenvalue weighted by atomic mass is 16.5. The zero-order valence-corrected chi connectivity index (χ0v) is 15.8. The third-order valence-electron chi connectivity index (χ3n) is 4.12. The molecule has 0 fully saturated rings. The number of methoxy groups -OCH3 is 2. The van der Waals surface area contributed by atoms with Crippen LogP contribution in [0.15, 0.2) is 67.0 Å². The maximum absolute atomic E-state index is 12.6. The van der Waals surface area contributed by atoms with Crippen LogP contribution in [0.5, 0.6) is 17.2 Å². The van der Waals surface area contributed by atoms with Gasteiger partial charge in [-0.1, -0.05) is 36.4 Å². The summed E-state index contributed by atoms with van der Waals surface area (Å²) in [5.74, 6) is 1.08. The number of nitrogens with zero attached hydrogens (tertiary/aromatic N) is 1. The monoisotopic (exact) mass is 378 g/mol. The van der Waals surface area contributed by atoms with E-state index in [1.807, 2.05) is 42.5 Å². The molecule has 6 nitrogen and oxygen atoms in total. The molecule has 0 unspecified atom stereocenters. The minimum atomic E-state index is -0.241. The number of hydrogen-bond donors (Lipinski definition) is 1. The van der Waals surface area contributed by atoms with Crippen LogP contribution in [0.3, 0.4) is 0 Å². The molecule has 0 saturated heterocycles. The fourth-order valence-electron chi connectivity index (χ4n) is 2.67. The van der Waals surface area contributed by atoms with Gasteiger partial charge < -0.3 is 19.5 Å². The summed E-state index contributed by atoms with van der Waals surface area (Å²) in [4.78, 5) is 16.6. The molecule has 1 aromatic heterocycles. The molecular weight excluding hydrogens is 356 g/mol. The Labute approximate surface area is 164 Å². The lowest BCUT2D eigenvalue weighted by atomic mass is 10.1. The number of nitrogens with one attached hydrogen (secondary N) is 1. The Morgan fingerprint density at radius 2 is 1.64 bits per heavy atom. The highest BCUT2D eigenvalue weighted by Gasteiger charge is 2.18. The number of rotatable bonds is 8. The first-order valence-electron chi connectivity index (χ1n) is 8.81. The maximum Gasteiger partial charge on any atom is 0.251 e. The zero-order chi connectivity index (χ0) is 19.8. The van der Waals surface area contributed by atoms with E-state index in [0.29, 0.717) is 36.0 Å². The molecule has 0 aliphatic heterocycles. The van der Waals surface area contributed by atoms with Gasteiger partial charge >= 0.3 is 0 Å². The van der Waals surface area contributed by atoms with Gasteiger partial charge in [0.25, 0.3) is 5.91 Å². The number of carbonyl (C=O) groups excluding carboxylic acids is 1. The van der Waals surface area contributed by atoms with Crippen LogP contribution in [0, 0.1) is 0 Å². The molecule has 0 aliphatic carbocycles. The minimum Gasteiger partial charge on any atom is -0.493 e. The minimum absolute atomic E-state index is 0.241. The van der Waals surface area contributed by atoms with Gasteiger partial charge in [0.1, 0.15) is 6.61 Å². The van der Waals surface area contributed by atoms with E-state index in [0.717, 1.165) is 11.1 Å². The summed E-state index contributed by atoms with van der Waals surface area (Å²) < 4.78 is 16.8. The van der Waals surface area contributed by atoms with Crippen molar-refractivity contribution in [3.63, 3.8) is 0 Å².